The first-order chi connectivity index (χ1) is 12.8. The lowest BCUT2D eigenvalue weighted by atomic mass is 10.3. The van der Waals surface area contributed by atoms with Gasteiger partial charge in [0.2, 0.25) is 17.8 Å². The third-order valence-corrected chi connectivity index (χ3v) is 3.55. The van der Waals surface area contributed by atoms with Gasteiger partial charge in [0.15, 0.2) is 5.82 Å². The number of nitrogen functional groups attached to an aromatic ring is 1. The highest BCUT2D eigenvalue weighted by atomic mass is 15.4. The summed E-state index contributed by atoms with van der Waals surface area (Å²) in [5, 5.41) is 10.6. The summed E-state index contributed by atoms with van der Waals surface area (Å²) in [6.07, 6.45) is 1.64. The molecule has 0 saturated carbocycles. The van der Waals surface area contributed by atoms with Crippen molar-refractivity contribution in [3.63, 3.8) is 0 Å². The molecule has 0 atom stereocenters. The molecule has 0 aliphatic carbocycles. The molecule has 8 heteroatoms. The summed E-state index contributed by atoms with van der Waals surface area (Å²) >= 11 is 0. The number of nitrogens with two attached hydrogens (primary N) is 1. The van der Waals surface area contributed by atoms with Crippen LogP contribution in [0.5, 0.6) is 0 Å². The number of rotatable bonds is 5. The molecule has 0 spiro atoms. The molecule has 0 fully saturated rings. The van der Waals surface area contributed by atoms with Crippen LogP contribution in [0.2, 0.25) is 0 Å². The van der Waals surface area contributed by atoms with Gasteiger partial charge < -0.3 is 16.4 Å². The first kappa shape index (κ1) is 15.6. The van der Waals surface area contributed by atoms with Gasteiger partial charge in [-0.15, -0.1) is 5.10 Å². The van der Waals surface area contributed by atoms with Gasteiger partial charge in [0, 0.05) is 23.6 Å². The van der Waals surface area contributed by atoms with Crippen LogP contribution >= 0.6 is 0 Å². The van der Waals surface area contributed by atoms with E-state index in [1.807, 2.05) is 60.7 Å². The minimum absolute atomic E-state index is 0.229. The number of para-hydroxylation sites is 2. The molecular weight excluding hydrogens is 328 g/mol. The van der Waals surface area contributed by atoms with E-state index in [1.54, 1.807) is 12.3 Å². The molecule has 128 valence electrons. The predicted molar refractivity (Wildman–Crippen MR) is 101 cm³/mol. The molecule has 4 aromatic rings. The Labute approximate surface area is 149 Å². The summed E-state index contributed by atoms with van der Waals surface area (Å²) in [6.45, 7) is 0. The predicted octanol–water partition coefficient (Wildman–Crippen LogP) is 3.13. The van der Waals surface area contributed by atoms with Crippen LogP contribution in [-0.4, -0.2) is 24.7 Å². The van der Waals surface area contributed by atoms with E-state index in [0.717, 1.165) is 11.4 Å². The van der Waals surface area contributed by atoms with E-state index in [0.29, 0.717) is 17.7 Å². The SMILES string of the molecule is Nc1nc(Nc2ccccc2)nn1-c1ccnc(Nc2ccccc2)n1. The molecule has 0 amide bonds. The Bertz CT molecular complexity index is 998. The Morgan fingerprint density at radius 1 is 0.731 bits per heavy atom. The number of nitrogens with one attached hydrogen (secondary N) is 2. The monoisotopic (exact) mass is 344 g/mol. The Morgan fingerprint density at radius 3 is 2.00 bits per heavy atom. The zero-order chi connectivity index (χ0) is 17.8. The minimum Gasteiger partial charge on any atom is -0.368 e. The number of aromatic nitrogens is 5. The molecule has 2 aromatic carbocycles. The largest absolute Gasteiger partial charge is 0.368 e. The fourth-order valence-electron chi connectivity index (χ4n) is 2.37. The van der Waals surface area contributed by atoms with Crippen molar-refractivity contribution >= 4 is 29.2 Å². The zero-order valence-corrected chi connectivity index (χ0v) is 13.7. The molecule has 8 nitrogen and oxygen atoms in total. The van der Waals surface area contributed by atoms with Gasteiger partial charge >= 0.3 is 0 Å². The number of anilines is 5. The van der Waals surface area contributed by atoms with Crippen molar-refractivity contribution in [1.82, 2.24) is 24.7 Å². The number of hydrogen-bond donors (Lipinski definition) is 3. The standard InChI is InChI=1S/C18H16N8/c19-16-24-18(22-14-9-5-2-6-10-14)25-26(16)15-11-12-20-17(23-15)21-13-7-3-1-4-8-13/h1-12H,(H,20,21,23)(H3,19,22,24,25). The summed E-state index contributed by atoms with van der Waals surface area (Å²) in [6, 6.07) is 21.0. The number of hydrogen-bond acceptors (Lipinski definition) is 7. The van der Waals surface area contributed by atoms with E-state index in [9.17, 15) is 0 Å². The summed E-state index contributed by atoms with van der Waals surface area (Å²) in [5.41, 5.74) is 7.76. The molecule has 0 aliphatic rings. The van der Waals surface area contributed by atoms with E-state index in [4.69, 9.17) is 5.73 Å². The van der Waals surface area contributed by atoms with Crippen molar-refractivity contribution in [3.05, 3.63) is 72.9 Å². The first-order valence-corrected chi connectivity index (χ1v) is 7.98. The molecule has 2 aromatic heterocycles. The highest BCUT2D eigenvalue weighted by Crippen LogP contribution is 2.18. The quantitative estimate of drug-likeness (QED) is 0.510. The fraction of sp³-hybridized carbons (Fsp3) is 0. The van der Waals surface area contributed by atoms with E-state index in [-0.39, 0.29) is 5.95 Å². The Morgan fingerprint density at radius 2 is 1.35 bits per heavy atom. The Hall–Kier alpha value is -3.94. The average molecular weight is 344 g/mol. The normalized spacial score (nSPS) is 10.5. The van der Waals surface area contributed by atoms with Crippen LogP contribution in [0.3, 0.4) is 0 Å². The maximum Gasteiger partial charge on any atom is 0.248 e. The van der Waals surface area contributed by atoms with E-state index in [1.165, 1.54) is 4.68 Å². The molecule has 0 bridgehead atoms. The third kappa shape index (κ3) is 3.44. The van der Waals surface area contributed by atoms with Crippen LogP contribution in [-0.2, 0) is 0 Å². The lowest BCUT2D eigenvalue weighted by Gasteiger charge is -2.06. The van der Waals surface area contributed by atoms with Crippen LogP contribution in [0.1, 0.15) is 0 Å². The van der Waals surface area contributed by atoms with Crippen LogP contribution in [0.15, 0.2) is 72.9 Å². The molecule has 0 saturated heterocycles. The number of nitrogens with zero attached hydrogens (tertiary/aromatic N) is 5. The fourth-order valence-corrected chi connectivity index (χ4v) is 2.37. The molecular formula is C18H16N8. The lowest BCUT2D eigenvalue weighted by molar-refractivity contribution is 0.854. The maximum absolute atomic E-state index is 6.00. The van der Waals surface area contributed by atoms with Gasteiger partial charge in [-0.05, 0) is 24.3 Å². The van der Waals surface area contributed by atoms with Crippen molar-refractivity contribution < 1.29 is 0 Å². The van der Waals surface area contributed by atoms with Crippen LogP contribution < -0.4 is 16.4 Å². The van der Waals surface area contributed by atoms with Crippen molar-refractivity contribution in [2.45, 2.75) is 0 Å². The van der Waals surface area contributed by atoms with Gasteiger partial charge in [-0.3, -0.25) is 0 Å². The van der Waals surface area contributed by atoms with Gasteiger partial charge in [0.05, 0.1) is 0 Å². The van der Waals surface area contributed by atoms with Crippen molar-refractivity contribution in [1.29, 1.82) is 0 Å². The van der Waals surface area contributed by atoms with E-state index in [2.05, 4.69) is 30.7 Å². The van der Waals surface area contributed by atoms with Crippen molar-refractivity contribution in [3.8, 4) is 5.82 Å². The van der Waals surface area contributed by atoms with E-state index < -0.39 is 0 Å². The summed E-state index contributed by atoms with van der Waals surface area (Å²) < 4.78 is 1.46. The smallest absolute Gasteiger partial charge is 0.248 e. The Kier molecular flexibility index (Phi) is 4.13. The third-order valence-electron chi connectivity index (χ3n) is 3.55. The molecule has 0 aliphatic heterocycles. The summed E-state index contributed by atoms with van der Waals surface area (Å²) in [7, 11) is 0. The molecule has 2 heterocycles. The van der Waals surface area contributed by atoms with Crippen molar-refractivity contribution in [2.75, 3.05) is 16.4 Å². The molecule has 4 rings (SSSR count). The second kappa shape index (κ2) is 6.89. The number of benzene rings is 2. The van der Waals surface area contributed by atoms with E-state index >= 15 is 0 Å². The minimum atomic E-state index is 0.229. The topological polar surface area (TPSA) is 107 Å². The molecule has 26 heavy (non-hydrogen) atoms. The summed E-state index contributed by atoms with van der Waals surface area (Å²) in [4.78, 5) is 12.9. The van der Waals surface area contributed by atoms with Gasteiger partial charge in [0.25, 0.3) is 0 Å². The highest BCUT2D eigenvalue weighted by molar-refractivity contribution is 5.55. The average Bonchev–Trinajstić information content (AvgIpc) is 3.04. The van der Waals surface area contributed by atoms with Gasteiger partial charge in [-0.2, -0.15) is 14.6 Å². The van der Waals surface area contributed by atoms with Gasteiger partial charge in [-0.25, -0.2) is 4.98 Å². The molecule has 0 unspecified atom stereocenters. The second-order valence-corrected chi connectivity index (χ2v) is 5.43. The van der Waals surface area contributed by atoms with Crippen LogP contribution in [0.4, 0.5) is 29.2 Å². The van der Waals surface area contributed by atoms with Crippen molar-refractivity contribution in [2.24, 2.45) is 0 Å². The van der Waals surface area contributed by atoms with Crippen LogP contribution in [0, 0.1) is 0 Å². The summed E-state index contributed by atoms with van der Waals surface area (Å²) in [5.74, 6) is 1.59. The lowest BCUT2D eigenvalue weighted by Crippen LogP contribution is -2.07. The van der Waals surface area contributed by atoms with Gasteiger partial charge in [0.1, 0.15) is 0 Å². The first-order valence-electron chi connectivity index (χ1n) is 7.98. The maximum atomic E-state index is 6.00. The highest BCUT2D eigenvalue weighted by Gasteiger charge is 2.11. The Balaban J connectivity index is 1.58. The zero-order valence-electron chi connectivity index (χ0n) is 13.7. The van der Waals surface area contributed by atoms with Crippen LogP contribution in [0.25, 0.3) is 5.82 Å². The second-order valence-electron chi connectivity index (χ2n) is 5.43. The molecule has 0 radical (unpaired) electrons. The van der Waals surface area contributed by atoms with Gasteiger partial charge in [-0.1, -0.05) is 36.4 Å². The molecule has 4 N–H and O–H groups in total.